The van der Waals surface area contributed by atoms with Gasteiger partial charge in [-0.1, -0.05) is 17.7 Å². The molecule has 1 aromatic carbocycles. The third-order valence-electron chi connectivity index (χ3n) is 1.88. The third-order valence-corrected chi connectivity index (χ3v) is 3.47. The Morgan fingerprint density at radius 1 is 1.50 bits per heavy atom. The van der Waals surface area contributed by atoms with Gasteiger partial charge in [-0.3, -0.25) is 4.72 Å². The monoisotopic (exact) mass is 263 g/mol. The fourth-order valence-electron chi connectivity index (χ4n) is 1.03. The Kier molecular flexibility index (Phi) is 3.77. The number of anilines is 1. The highest BCUT2D eigenvalue weighted by molar-refractivity contribution is 7.92. The molecule has 0 unspecified atom stereocenters. The van der Waals surface area contributed by atoms with Crippen LogP contribution in [0, 0.1) is 0 Å². The van der Waals surface area contributed by atoms with Crippen molar-refractivity contribution >= 4 is 33.3 Å². The Hall–Kier alpha value is -1.27. The topological polar surface area (TPSA) is 83.5 Å². The number of hydrogen-bond acceptors (Lipinski definition) is 3. The van der Waals surface area contributed by atoms with Crippen LogP contribution in [-0.4, -0.2) is 25.2 Å². The van der Waals surface area contributed by atoms with Gasteiger partial charge < -0.3 is 5.11 Å². The van der Waals surface area contributed by atoms with Crippen molar-refractivity contribution in [3.8, 4) is 0 Å². The van der Waals surface area contributed by atoms with Gasteiger partial charge in [0.2, 0.25) is 10.0 Å². The molecule has 88 valence electrons. The summed E-state index contributed by atoms with van der Waals surface area (Å²) in [7, 11) is -3.55. The molecule has 0 saturated heterocycles. The summed E-state index contributed by atoms with van der Waals surface area (Å²) in [6.45, 7) is 1.44. The summed E-state index contributed by atoms with van der Waals surface area (Å²) in [5.74, 6) is -1.40. The van der Waals surface area contributed by atoms with E-state index in [-0.39, 0.29) is 22.0 Å². The minimum atomic E-state index is -3.55. The van der Waals surface area contributed by atoms with E-state index in [9.17, 15) is 13.2 Å². The molecule has 2 N–H and O–H groups in total. The Bertz CT molecular complexity index is 512. The van der Waals surface area contributed by atoms with E-state index in [1.54, 1.807) is 0 Å². The standard InChI is InChI=1S/C9H10ClNO4S/c1-2-16(14,15)11-8-6(9(12)13)4-3-5-7(8)10/h3-5,11H,2H2,1H3,(H,12,13). The molecule has 16 heavy (non-hydrogen) atoms. The zero-order chi connectivity index (χ0) is 12.3. The number of nitrogens with one attached hydrogen (secondary N) is 1. The average Bonchev–Trinajstić information content (AvgIpc) is 2.20. The van der Waals surface area contributed by atoms with Crippen molar-refractivity contribution in [2.24, 2.45) is 0 Å². The number of aromatic carboxylic acids is 1. The average molecular weight is 264 g/mol. The molecule has 1 rings (SSSR count). The fourth-order valence-corrected chi connectivity index (χ4v) is 1.99. The summed E-state index contributed by atoms with van der Waals surface area (Å²) in [6.07, 6.45) is 0. The largest absolute Gasteiger partial charge is 0.478 e. The SMILES string of the molecule is CCS(=O)(=O)Nc1c(Cl)cccc1C(=O)O. The minimum Gasteiger partial charge on any atom is -0.478 e. The van der Waals surface area contributed by atoms with Gasteiger partial charge in [-0.2, -0.15) is 0 Å². The molecule has 1 aromatic rings. The maximum atomic E-state index is 11.3. The molecule has 0 bridgehead atoms. The van der Waals surface area contributed by atoms with Crippen LogP contribution in [0.3, 0.4) is 0 Å². The van der Waals surface area contributed by atoms with Gasteiger partial charge in [0, 0.05) is 0 Å². The van der Waals surface area contributed by atoms with E-state index in [4.69, 9.17) is 16.7 Å². The molecule has 0 aliphatic heterocycles. The highest BCUT2D eigenvalue weighted by Crippen LogP contribution is 2.26. The van der Waals surface area contributed by atoms with Crippen LogP contribution in [0.15, 0.2) is 18.2 Å². The number of rotatable bonds is 4. The van der Waals surface area contributed by atoms with Crippen LogP contribution in [-0.2, 0) is 10.0 Å². The van der Waals surface area contributed by atoms with Crippen molar-refractivity contribution in [2.45, 2.75) is 6.92 Å². The molecule has 0 saturated carbocycles. The van der Waals surface area contributed by atoms with Crippen LogP contribution in [0.2, 0.25) is 5.02 Å². The number of sulfonamides is 1. The number of benzene rings is 1. The van der Waals surface area contributed by atoms with E-state index in [2.05, 4.69) is 4.72 Å². The van der Waals surface area contributed by atoms with Crippen molar-refractivity contribution in [2.75, 3.05) is 10.5 Å². The number of halogens is 1. The Labute approximate surface area is 98.1 Å². The summed E-state index contributed by atoms with van der Waals surface area (Å²) in [6, 6.07) is 4.14. The molecule has 0 spiro atoms. The second-order valence-electron chi connectivity index (χ2n) is 2.97. The van der Waals surface area contributed by atoms with Crippen LogP contribution >= 0.6 is 11.6 Å². The number of para-hydroxylation sites is 1. The first-order valence-corrected chi connectivity index (χ1v) is 6.42. The summed E-state index contributed by atoms with van der Waals surface area (Å²) >= 11 is 5.75. The lowest BCUT2D eigenvalue weighted by atomic mass is 10.2. The molecule has 5 nitrogen and oxygen atoms in total. The molecule has 0 radical (unpaired) electrons. The van der Waals surface area contributed by atoms with E-state index in [1.807, 2.05) is 0 Å². The fraction of sp³-hybridized carbons (Fsp3) is 0.222. The van der Waals surface area contributed by atoms with Gasteiger partial charge in [0.25, 0.3) is 0 Å². The van der Waals surface area contributed by atoms with Crippen molar-refractivity contribution in [3.05, 3.63) is 28.8 Å². The molecular formula is C9H10ClNO4S. The van der Waals surface area contributed by atoms with E-state index in [1.165, 1.54) is 25.1 Å². The molecule has 0 fully saturated rings. The van der Waals surface area contributed by atoms with Crippen LogP contribution in [0.1, 0.15) is 17.3 Å². The lowest BCUT2D eigenvalue weighted by Gasteiger charge is -2.10. The zero-order valence-electron chi connectivity index (χ0n) is 8.40. The molecule has 0 aliphatic carbocycles. The normalized spacial score (nSPS) is 11.1. The molecule has 0 aromatic heterocycles. The van der Waals surface area contributed by atoms with Crippen LogP contribution < -0.4 is 4.72 Å². The van der Waals surface area contributed by atoms with E-state index < -0.39 is 16.0 Å². The first kappa shape index (κ1) is 12.8. The Morgan fingerprint density at radius 3 is 2.62 bits per heavy atom. The molecule has 0 aliphatic rings. The first-order valence-electron chi connectivity index (χ1n) is 4.39. The molecule has 0 atom stereocenters. The van der Waals surface area contributed by atoms with Gasteiger partial charge in [0.05, 0.1) is 22.0 Å². The quantitative estimate of drug-likeness (QED) is 0.868. The summed E-state index contributed by atoms with van der Waals surface area (Å²) in [5.41, 5.74) is -0.275. The van der Waals surface area contributed by atoms with Crippen LogP contribution in [0.5, 0.6) is 0 Å². The van der Waals surface area contributed by atoms with Gasteiger partial charge in [0.1, 0.15) is 0 Å². The second-order valence-corrected chi connectivity index (χ2v) is 5.39. The van der Waals surface area contributed by atoms with E-state index in [0.29, 0.717) is 0 Å². The smallest absolute Gasteiger partial charge is 0.337 e. The lowest BCUT2D eigenvalue weighted by Crippen LogP contribution is -2.17. The minimum absolute atomic E-state index is 0.0527. The number of hydrogen-bond donors (Lipinski definition) is 2. The molecular weight excluding hydrogens is 254 g/mol. The van der Waals surface area contributed by atoms with Crippen molar-refractivity contribution in [3.63, 3.8) is 0 Å². The molecule has 0 amide bonds. The highest BCUT2D eigenvalue weighted by Gasteiger charge is 2.17. The van der Waals surface area contributed by atoms with Gasteiger partial charge in [-0.25, -0.2) is 13.2 Å². The summed E-state index contributed by atoms with van der Waals surface area (Å²) in [5, 5.41) is 8.92. The predicted molar refractivity (Wildman–Crippen MR) is 61.5 cm³/mol. The summed E-state index contributed by atoms with van der Waals surface area (Å²) in [4.78, 5) is 10.9. The lowest BCUT2D eigenvalue weighted by molar-refractivity contribution is 0.0698. The van der Waals surface area contributed by atoms with Crippen LogP contribution in [0.4, 0.5) is 5.69 Å². The van der Waals surface area contributed by atoms with Gasteiger partial charge >= 0.3 is 5.97 Å². The Balaban J connectivity index is 3.27. The van der Waals surface area contributed by atoms with Crippen molar-refractivity contribution < 1.29 is 18.3 Å². The van der Waals surface area contributed by atoms with Gasteiger partial charge in [0.15, 0.2) is 0 Å². The number of carboxylic acid groups (broad SMARTS) is 1. The predicted octanol–water partition coefficient (Wildman–Crippen LogP) is 1.80. The second kappa shape index (κ2) is 4.71. The highest BCUT2D eigenvalue weighted by atomic mass is 35.5. The Morgan fingerprint density at radius 2 is 2.12 bits per heavy atom. The van der Waals surface area contributed by atoms with E-state index in [0.717, 1.165) is 0 Å². The van der Waals surface area contributed by atoms with Gasteiger partial charge in [-0.15, -0.1) is 0 Å². The van der Waals surface area contributed by atoms with Crippen molar-refractivity contribution in [1.82, 2.24) is 0 Å². The molecule has 0 heterocycles. The van der Waals surface area contributed by atoms with Crippen molar-refractivity contribution in [1.29, 1.82) is 0 Å². The zero-order valence-corrected chi connectivity index (χ0v) is 9.97. The third kappa shape index (κ3) is 2.86. The summed E-state index contributed by atoms with van der Waals surface area (Å²) < 4.78 is 24.8. The number of carboxylic acids is 1. The maximum absolute atomic E-state index is 11.3. The first-order chi connectivity index (χ1) is 7.37. The molecule has 7 heteroatoms. The maximum Gasteiger partial charge on any atom is 0.337 e. The van der Waals surface area contributed by atoms with E-state index >= 15 is 0 Å². The number of carbonyl (C=O) groups is 1. The van der Waals surface area contributed by atoms with Gasteiger partial charge in [-0.05, 0) is 19.1 Å². The van der Waals surface area contributed by atoms with Crippen LogP contribution in [0.25, 0.3) is 0 Å².